The third-order valence-corrected chi connectivity index (χ3v) is 8.40. The molecular formula is C41H32ClNO8. The standard InChI is InChI=1S/C41H32ClNO8/c1-2-20-48-37(44)25-49-32-16-13-28(14-17-32)39(51-40(46)30-15-19-35(36(42)23-30)38(45)27-8-4-3-5-9-27)43-41(47)50-24-26-12-18-34-31(21-26)22-29-10-6-7-11-33(29)34/h2-19,21,23,39H,1,20,22,24-25H2,(H,43,47). The highest BCUT2D eigenvalue weighted by molar-refractivity contribution is 6.35. The molecule has 0 heterocycles. The van der Waals surface area contributed by atoms with Gasteiger partial charge < -0.3 is 18.9 Å². The van der Waals surface area contributed by atoms with E-state index in [-0.39, 0.29) is 41.8 Å². The number of amides is 1. The van der Waals surface area contributed by atoms with Crippen LogP contribution in [0.1, 0.15) is 54.8 Å². The van der Waals surface area contributed by atoms with Gasteiger partial charge in [0.05, 0.1) is 10.6 Å². The lowest BCUT2D eigenvalue weighted by molar-refractivity contribution is -0.144. The molecule has 1 amide bonds. The Kier molecular flexibility index (Phi) is 10.9. The third-order valence-electron chi connectivity index (χ3n) is 8.09. The molecular weight excluding hydrogens is 670 g/mol. The van der Waals surface area contributed by atoms with Gasteiger partial charge in [-0.25, -0.2) is 14.4 Å². The summed E-state index contributed by atoms with van der Waals surface area (Å²) in [6.45, 7) is 3.22. The lowest BCUT2D eigenvalue weighted by atomic mass is 10.0. The highest BCUT2D eigenvalue weighted by Crippen LogP contribution is 2.37. The number of ether oxygens (including phenoxy) is 4. The summed E-state index contributed by atoms with van der Waals surface area (Å²) in [6.07, 6.45) is 0.119. The first kappa shape index (κ1) is 34.7. The Morgan fingerprint density at radius 3 is 2.29 bits per heavy atom. The number of ketones is 1. The van der Waals surface area contributed by atoms with E-state index in [4.69, 9.17) is 30.5 Å². The zero-order chi connectivity index (χ0) is 35.7. The van der Waals surface area contributed by atoms with Crippen molar-refractivity contribution in [2.45, 2.75) is 19.3 Å². The average molecular weight is 702 g/mol. The van der Waals surface area contributed by atoms with Crippen molar-refractivity contribution < 1.29 is 38.1 Å². The molecule has 0 aromatic heterocycles. The fraction of sp³-hybridized carbons (Fsp3) is 0.122. The smallest absolute Gasteiger partial charge is 0.410 e. The molecule has 1 atom stereocenters. The normalized spacial score (nSPS) is 11.7. The number of carbonyl (C=O) groups excluding carboxylic acids is 4. The molecule has 0 aliphatic heterocycles. The van der Waals surface area contributed by atoms with Gasteiger partial charge in [-0.05, 0) is 76.7 Å². The summed E-state index contributed by atoms with van der Waals surface area (Å²) in [4.78, 5) is 51.3. The van der Waals surface area contributed by atoms with E-state index in [9.17, 15) is 19.2 Å². The Labute approximate surface area is 299 Å². The fourth-order valence-corrected chi connectivity index (χ4v) is 5.85. The van der Waals surface area contributed by atoms with Gasteiger partial charge in [0.15, 0.2) is 12.4 Å². The summed E-state index contributed by atoms with van der Waals surface area (Å²) in [5.41, 5.74) is 6.65. The van der Waals surface area contributed by atoms with Gasteiger partial charge in [-0.1, -0.05) is 97.1 Å². The van der Waals surface area contributed by atoms with E-state index in [2.05, 4.69) is 24.0 Å². The summed E-state index contributed by atoms with van der Waals surface area (Å²) in [7, 11) is 0. The molecule has 6 rings (SSSR count). The molecule has 51 heavy (non-hydrogen) atoms. The monoisotopic (exact) mass is 701 g/mol. The number of nitrogens with one attached hydrogen (secondary N) is 1. The lowest BCUT2D eigenvalue weighted by Gasteiger charge is -2.20. The largest absolute Gasteiger partial charge is 0.482 e. The Morgan fingerprint density at radius 1 is 0.784 bits per heavy atom. The zero-order valence-corrected chi connectivity index (χ0v) is 28.1. The number of rotatable bonds is 13. The second kappa shape index (κ2) is 16.0. The minimum Gasteiger partial charge on any atom is -0.482 e. The van der Waals surface area contributed by atoms with Crippen LogP contribution in [-0.2, 0) is 32.0 Å². The summed E-state index contributed by atoms with van der Waals surface area (Å²) < 4.78 is 21.7. The van der Waals surface area contributed by atoms with Crippen molar-refractivity contribution in [3.8, 4) is 16.9 Å². The van der Waals surface area contributed by atoms with Crippen LogP contribution in [0.25, 0.3) is 11.1 Å². The number of benzene rings is 5. The highest BCUT2D eigenvalue weighted by Gasteiger charge is 2.24. The summed E-state index contributed by atoms with van der Waals surface area (Å²) in [5, 5.41) is 2.68. The van der Waals surface area contributed by atoms with Gasteiger partial charge in [-0.3, -0.25) is 10.1 Å². The van der Waals surface area contributed by atoms with Gasteiger partial charge >= 0.3 is 18.0 Å². The van der Waals surface area contributed by atoms with Gasteiger partial charge in [-0.2, -0.15) is 0 Å². The topological polar surface area (TPSA) is 117 Å². The molecule has 9 nitrogen and oxygen atoms in total. The van der Waals surface area contributed by atoms with Crippen LogP contribution in [0.5, 0.6) is 5.75 Å². The van der Waals surface area contributed by atoms with Gasteiger partial charge in [0, 0.05) is 16.7 Å². The SMILES string of the molecule is C=CCOC(=O)COc1ccc(C(NC(=O)OCc2ccc3c(c2)Cc2ccccc2-3)OC(=O)c2ccc(C(=O)c3ccccc3)c(Cl)c2)cc1. The number of hydrogen-bond donors (Lipinski definition) is 1. The van der Waals surface area contributed by atoms with Crippen molar-refractivity contribution in [1.29, 1.82) is 0 Å². The van der Waals surface area contributed by atoms with Crippen LogP contribution in [0.2, 0.25) is 5.02 Å². The molecule has 0 saturated carbocycles. The van der Waals surface area contributed by atoms with Crippen LogP contribution in [0.3, 0.4) is 0 Å². The van der Waals surface area contributed by atoms with Crippen molar-refractivity contribution >= 4 is 35.4 Å². The number of alkyl carbamates (subject to hydrolysis) is 1. The molecule has 1 N–H and O–H groups in total. The maximum absolute atomic E-state index is 13.4. The molecule has 5 aromatic rings. The molecule has 0 saturated heterocycles. The first-order valence-electron chi connectivity index (χ1n) is 16.0. The van der Waals surface area contributed by atoms with E-state index < -0.39 is 24.3 Å². The molecule has 0 fully saturated rings. The quantitative estimate of drug-likeness (QED) is 0.0423. The van der Waals surface area contributed by atoms with E-state index in [1.54, 1.807) is 54.6 Å². The van der Waals surface area contributed by atoms with E-state index in [1.807, 2.05) is 30.3 Å². The first-order chi connectivity index (χ1) is 24.8. The van der Waals surface area contributed by atoms with Crippen LogP contribution >= 0.6 is 11.6 Å². The predicted octanol–water partition coefficient (Wildman–Crippen LogP) is 8.03. The van der Waals surface area contributed by atoms with Gasteiger partial charge in [-0.15, -0.1) is 0 Å². The van der Waals surface area contributed by atoms with E-state index >= 15 is 0 Å². The predicted molar refractivity (Wildman–Crippen MR) is 191 cm³/mol. The molecule has 0 bridgehead atoms. The van der Waals surface area contributed by atoms with Crippen molar-refractivity contribution in [2.24, 2.45) is 0 Å². The van der Waals surface area contributed by atoms with E-state index in [0.717, 1.165) is 23.1 Å². The Bertz CT molecular complexity index is 2100. The van der Waals surface area contributed by atoms with Crippen molar-refractivity contribution in [2.75, 3.05) is 13.2 Å². The van der Waals surface area contributed by atoms with E-state index in [0.29, 0.717) is 16.9 Å². The maximum Gasteiger partial charge on any atom is 0.410 e. The Balaban J connectivity index is 1.15. The third kappa shape index (κ3) is 8.52. The van der Waals surface area contributed by atoms with Crippen molar-refractivity contribution in [3.63, 3.8) is 0 Å². The number of halogens is 1. The Morgan fingerprint density at radius 2 is 1.53 bits per heavy atom. The Hall–Kier alpha value is -6.19. The molecule has 10 heteroatoms. The maximum atomic E-state index is 13.4. The zero-order valence-electron chi connectivity index (χ0n) is 27.3. The number of hydrogen-bond acceptors (Lipinski definition) is 8. The van der Waals surface area contributed by atoms with Gasteiger partial charge in [0.25, 0.3) is 0 Å². The van der Waals surface area contributed by atoms with Crippen LogP contribution in [0.15, 0.2) is 128 Å². The molecule has 1 aliphatic rings. The molecule has 0 spiro atoms. The van der Waals surface area contributed by atoms with Crippen LogP contribution in [-0.4, -0.2) is 37.0 Å². The fourth-order valence-electron chi connectivity index (χ4n) is 5.59. The minimum absolute atomic E-state index is 0.0165. The second-order valence-electron chi connectivity index (χ2n) is 11.6. The number of carbonyl (C=O) groups is 4. The lowest BCUT2D eigenvalue weighted by Crippen LogP contribution is -2.32. The molecule has 5 aromatic carbocycles. The van der Waals surface area contributed by atoms with Crippen LogP contribution in [0, 0.1) is 0 Å². The minimum atomic E-state index is -1.30. The van der Waals surface area contributed by atoms with Crippen molar-refractivity contribution in [1.82, 2.24) is 5.32 Å². The average Bonchev–Trinajstić information content (AvgIpc) is 3.53. The summed E-state index contributed by atoms with van der Waals surface area (Å²) in [5.74, 6) is -1.35. The molecule has 1 aliphatic carbocycles. The first-order valence-corrected chi connectivity index (χ1v) is 16.4. The molecule has 1 unspecified atom stereocenters. The van der Waals surface area contributed by atoms with Gasteiger partial charge in [0.1, 0.15) is 19.0 Å². The number of esters is 2. The molecule has 256 valence electrons. The van der Waals surface area contributed by atoms with Gasteiger partial charge in [0.2, 0.25) is 6.23 Å². The van der Waals surface area contributed by atoms with Crippen LogP contribution in [0.4, 0.5) is 4.79 Å². The van der Waals surface area contributed by atoms with Crippen molar-refractivity contribution in [3.05, 3.63) is 172 Å². The highest BCUT2D eigenvalue weighted by atomic mass is 35.5. The van der Waals surface area contributed by atoms with Crippen LogP contribution < -0.4 is 10.1 Å². The van der Waals surface area contributed by atoms with E-state index in [1.165, 1.54) is 35.4 Å². The summed E-state index contributed by atoms with van der Waals surface area (Å²) in [6, 6.07) is 33.2. The second-order valence-corrected chi connectivity index (χ2v) is 12.0. The summed E-state index contributed by atoms with van der Waals surface area (Å²) >= 11 is 6.44. The molecule has 0 radical (unpaired) electrons. The number of fused-ring (bicyclic) bond motifs is 3.